The summed E-state index contributed by atoms with van der Waals surface area (Å²) in [6, 6.07) is 23.8. The molecular formula is C30H36FN3O. The molecule has 1 heterocycles. The van der Waals surface area contributed by atoms with E-state index in [-0.39, 0.29) is 11.7 Å². The second-order valence-electron chi connectivity index (χ2n) is 9.89. The number of hydrogen-bond acceptors (Lipinski definition) is 4. The number of hydrogen-bond donors (Lipinski definition) is 0. The molecule has 5 heteroatoms. The van der Waals surface area contributed by atoms with Gasteiger partial charge in [-0.05, 0) is 72.0 Å². The summed E-state index contributed by atoms with van der Waals surface area (Å²) in [5.74, 6) is 0.709. The predicted molar refractivity (Wildman–Crippen MR) is 140 cm³/mol. The van der Waals surface area contributed by atoms with Crippen LogP contribution in [0, 0.1) is 23.1 Å². The Bertz CT molecular complexity index is 1130. The van der Waals surface area contributed by atoms with Crippen molar-refractivity contribution < 1.29 is 9.13 Å². The van der Waals surface area contributed by atoms with Gasteiger partial charge in [0.05, 0.1) is 11.5 Å². The zero-order valence-electron chi connectivity index (χ0n) is 20.9. The maximum Gasteiger partial charge on any atom is 0.123 e. The maximum atomic E-state index is 13.0. The zero-order valence-corrected chi connectivity index (χ0v) is 20.9. The van der Waals surface area contributed by atoms with Crippen molar-refractivity contribution in [1.29, 1.82) is 5.26 Å². The molecule has 1 aliphatic rings. The average Bonchev–Trinajstić information content (AvgIpc) is 2.88. The fraction of sp³-hybridized carbons (Fsp3) is 0.433. The highest BCUT2D eigenvalue weighted by Crippen LogP contribution is 2.38. The van der Waals surface area contributed by atoms with E-state index in [4.69, 9.17) is 4.74 Å². The van der Waals surface area contributed by atoms with Crippen LogP contribution in [0.25, 0.3) is 10.8 Å². The highest BCUT2D eigenvalue weighted by molar-refractivity contribution is 5.83. The fourth-order valence-corrected chi connectivity index (χ4v) is 5.12. The zero-order chi connectivity index (χ0) is 24.7. The van der Waals surface area contributed by atoms with Crippen molar-refractivity contribution in [3.8, 4) is 11.8 Å². The number of halogens is 1. The Morgan fingerprint density at radius 3 is 2.23 bits per heavy atom. The molecule has 0 amide bonds. The number of piperazine rings is 1. The number of rotatable bonds is 10. The minimum atomic E-state index is -0.469. The minimum Gasteiger partial charge on any atom is -0.492 e. The number of benzene rings is 3. The summed E-state index contributed by atoms with van der Waals surface area (Å²) in [4.78, 5) is 4.93. The van der Waals surface area contributed by atoms with E-state index >= 15 is 0 Å². The molecule has 1 unspecified atom stereocenters. The van der Waals surface area contributed by atoms with Crippen molar-refractivity contribution in [1.82, 2.24) is 9.80 Å². The first-order valence-electron chi connectivity index (χ1n) is 12.7. The molecule has 0 aliphatic carbocycles. The Balaban J connectivity index is 1.25. The monoisotopic (exact) mass is 473 g/mol. The third-order valence-corrected chi connectivity index (χ3v) is 7.45. The highest BCUT2D eigenvalue weighted by Gasteiger charge is 2.36. The molecule has 0 saturated carbocycles. The molecule has 1 fully saturated rings. The van der Waals surface area contributed by atoms with E-state index in [1.165, 1.54) is 22.9 Å². The predicted octanol–water partition coefficient (Wildman–Crippen LogP) is 5.87. The van der Waals surface area contributed by atoms with Crippen LogP contribution in [0.15, 0.2) is 66.7 Å². The van der Waals surface area contributed by atoms with Gasteiger partial charge in [0.1, 0.15) is 18.2 Å². The number of nitrogens with zero attached hydrogens (tertiary/aromatic N) is 3. The molecule has 1 saturated heterocycles. The summed E-state index contributed by atoms with van der Waals surface area (Å²) in [5, 5.41) is 12.7. The van der Waals surface area contributed by atoms with Crippen LogP contribution in [0.4, 0.5) is 4.39 Å². The number of nitriles is 1. The molecule has 3 aromatic rings. The van der Waals surface area contributed by atoms with Gasteiger partial charge in [0.25, 0.3) is 0 Å². The highest BCUT2D eigenvalue weighted by atomic mass is 19.1. The Hall–Kier alpha value is -2.94. The molecule has 3 aromatic carbocycles. The molecule has 0 aromatic heterocycles. The molecule has 1 aliphatic heterocycles. The van der Waals surface area contributed by atoms with E-state index in [2.05, 4.69) is 72.2 Å². The van der Waals surface area contributed by atoms with E-state index in [9.17, 15) is 9.65 Å². The lowest BCUT2D eigenvalue weighted by Crippen LogP contribution is -2.47. The summed E-state index contributed by atoms with van der Waals surface area (Å²) in [6.45, 7) is 11.0. The molecule has 0 N–H and O–H groups in total. The fourth-order valence-electron chi connectivity index (χ4n) is 5.12. The Morgan fingerprint density at radius 2 is 1.57 bits per heavy atom. The van der Waals surface area contributed by atoms with Gasteiger partial charge in [-0.15, -0.1) is 0 Å². The molecule has 1 atom stereocenters. The quantitative estimate of drug-likeness (QED) is 0.369. The molecule has 0 radical (unpaired) electrons. The Kier molecular flexibility index (Phi) is 8.38. The van der Waals surface area contributed by atoms with Crippen LogP contribution >= 0.6 is 0 Å². The summed E-state index contributed by atoms with van der Waals surface area (Å²) in [7, 11) is 0. The van der Waals surface area contributed by atoms with Gasteiger partial charge in [-0.1, -0.05) is 50.2 Å². The van der Waals surface area contributed by atoms with Crippen LogP contribution in [0.5, 0.6) is 5.75 Å². The van der Waals surface area contributed by atoms with Crippen molar-refractivity contribution >= 4 is 10.8 Å². The minimum absolute atomic E-state index is 0.242. The average molecular weight is 474 g/mol. The van der Waals surface area contributed by atoms with E-state index < -0.39 is 5.41 Å². The van der Waals surface area contributed by atoms with Gasteiger partial charge in [-0.25, -0.2) is 4.39 Å². The van der Waals surface area contributed by atoms with Crippen LogP contribution in [0.3, 0.4) is 0 Å². The topological polar surface area (TPSA) is 39.5 Å². The van der Waals surface area contributed by atoms with Crippen molar-refractivity contribution in [2.75, 3.05) is 45.9 Å². The molecule has 184 valence electrons. The summed E-state index contributed by atoms with van der Waals surface area (Å²) >= 11 is 0. The van der Waals surface area contributed by atoms with Gasteiger partial charge in [-0.3, -0.25) is 4.90 Å². The van der Waals surface area contributed by atoms with E-state index in [0.29, 0.717) is 12.4 Å². The standard InChI is InChI=1S/C30H36FN3O/c1-24(2)30(23-32,27-9-8-25-6-3-4-7-26(25)22-27)14-5-15-33-16-18-34(19-17-33)20-21-35-29-12-10-28(31)11-13-29/h3-4,6-13,22,24H,5,14-21H2,1-2H3. The Morgan fingerprint density at radius 1 is 0.914 bits per heavy atom. The summed E-state index contributed by atoms with van der Waals surface area (Å²) < 4.78 is 18.8. The lowest BCUT2D eigenvalue weighted by Gasteiger charge is -2.36. The van der Waals surface area contributed by atoms with Gasteiger partial charge in [0, 0.05) is 32.7 Å². The molecule has 4 rings (SSSR count). The van der Waals surface area contributed by atoms with Crippen molar-refractivity contribution in [3.05, 3.63) is 78.1 Å². The van der Waals surface area contributed by atoms with E-state index in [1.807, 2.05) is 0 Å². The normalized spacial score (nSPS) is 16.8. The summed E-state index contributed by atoms with van der Waals surface area (Å²) in [5.41, 5.74) is 0.670. The van der Waals surface area contributed by atoms with Crippen molar-refractivity contribution in [2.24, 2.45) is 5.92 Å². The first-order chi connectivity index (χ1) is 17.0. The van der Waals surface area contributed by atoms with Crippen LogP contribution in [0.1, 0.15) is 32.3 Å². The first-order valence-corrected chi connectivity index (χ1v) is 12.7. The number of ether oxygens (including phenoxy) is 1. The van der Waals surface area contributed by atoms with E-state index in [1.54, 1.807) is 12.1 Å². The smallest absolute Gasteiger partial charge is 0.123 e. The molecule has 0 bridgehead atoms. The molecule has 0 spiro atoms. The number of fused-ring (bicyclic) bond motifs is 1. The largest absolute Gasteiger partial charge is 0.492 e. The van der Waals surface area contributed by atoms with Crippen LogP contribution in [-0.4, -0.2) is 55.7 Å². The SMILES string of the molecule is CC(C)C(C#N)(CCCN1CCN(CCOc2ccc(F)cc2)CC1)c1ccc2ccccc2c1. The second kappa shape index (κ2) is 11.7. The van der Waals surface area contributed by atoms with Gasteiger partial charge in [-0.2, -0.15) is 5.26 Å². The third-order valence-electron chi connectivity index (χ3n) is 7.45. The molecule has 35 heavy (non-hydrogen) atoms. The molecular weight excluding hydrogens is 437 g/mol. The van der Waals surface area contributed by atoms with Crippen LogP contribution in [0.2, 0.25) is 0 Å². The van der Waals surface area contributed by atoms with Crippen LogP contribution < -0.4 is 4.74 Å². The van der Waals surface area contributed by atoms with Gasteiger partial charge < -0.3 is 9.64 Å². The lowest BCUT2D eigenvalue weighted by atomic mass is 9.69. The maximum absolute atomic E-state index is 13.0. The lowest BCUT2D eigenvalue weighted by molar-refractivity contribution is 0.114. The van der Waals surface area contributed by atoms with Crippen molar-refractivity contribution in [3.63, 3.8) is 0 Å². The van der Waals surface area contributed by atoms with Gasteiger partial charge in [0.2, 0.25) is 0 Å². The second-order valence-corrected chi connectivity index (χ2v) is 9.89. The Labute approximate surface area is 208 Å². The van der Waals surface area contributed by atoms with Crippen LogP contribution in [-0.2, 0) is 5.41 Å². The first kappa shape index (κ1) is 25.2. The summed E-state index contributed by atoms with van der Waals surface area (Å²) in [6.07, 6.45) is 1.87. The third kappa shape index (κ3) is 6.20. The molecule has 4 nitrogen and oxygen atoms in total. The van der Waals surface area contributed by atoms with Gasteiger partial charge in [0.15, 0.2) is 0 Å². The van der Waals surface area contributed by atoms with E-state index in [0.717, 1.165) is 57.7 Å². The van der Waals surface area contributed by atoms with Crippen molar-refractivity contribution in [2.45, 2.75) is 32.1 Å². The van der Waals surface area contributed by atoms with Gasteiger partial charge >= 0.3 is 0 Å².